The van der Waals surface area contributed by atoms with Crippen LogP contribution in [0.5, 0.6) is 0 Å². The first kappa shape index (κ1) is 14.1. The second kappa shape index (κ2) is 5.89. The highest BCUT2D eigenvalue weighted by molar-refractivity contribution is 5.58. The minimum Gasteiger partial charge on any atom is -0.268 e. The Bertz CT molecular complexity index is 860. The number of nitrogens with zero attached hydrogens (tertiary/aromatic N) is 2. The monoisotopic (exact) mass is 298 g/mol. The van der Waals surface area contributed by atoms with Crippen LogP contribution in [0, 0.1) is 11.6 Å². The maximum Gasteiger partial charge on any atom is 0.267 e. The molecule has 0 N–H and O–H groups in total. The fourth-order valence-electron chi connectivity index (χ4n) is 2.13. The van der Waals surface area contributed by atoms with E-state index >= 15 is 0 Å². The van der Waals surface area contributed by atoms with Crippen molar-refractivity contribution in [3.63, 3.8) is 0 Å². The van der Waals surface area contributed by atoms with Crippen LogP contribution < -0.4 is 5.56 Å². The van der Waals surface area contributed by atoms with Gasteiger partial charge in [0, 0.05) is 11.6 Å². The lowest BCUT2D eigenvalue weighted by Crippen LogP contribution is -2.22. The number of benzene rings is 2. The van der Waals surface area contributed by atoms with E-state index in [1.165, 1.54) is 22.9 Å². The number of rotatable bonds is 3. The average molecular weight is 298 g/mol. The van der Waals surface area contributed by atoms with Gasteiger partial charge in [-0.15, -0.1) is 0 Å². The minimum absolute atomic E-state index is 0.254. The Kier molecular flexibility index (Phi) is 3.78. The molecule has 0 aliphatic heterocycles. The lowest BCUT2D eigenvalue weighted by Gasteiger charge is -2.07. The van der Waals surface area contributed by atoms with Gasteiger partial charge in [-0.3, -0.25) is 4.79 Å². The summed E-state index contributed by atoms with van der Waals surface area (Å²) in [6, 6.07) is 15.8. The van der Waals surface area contributed by atoms with Gasteiger partial charge in [0.05, 0.1) is 12.2 Å². The third-order valence-electron chi connectivity index (χ3n) is 3.26. The summed E-state index contributed by atoms with van der Waals surface area (Å²) < 4.78 is 27.6. The van der Waals surface area contributed by atoms with Crippen molar-refractivity contribution in [1.29, 1.82) is 0 Å². The summed E-state index contributed by atoms with van der Waals surface area (Å²) in [5.74, 6) is -1.86. The van der Waals surface area contributed by atoms with E-state index in [1.54, 1.807) is 0 Å². The molecule has 22 heavy (non-hydrogen) atoms. The van der Waals surface area contributed by atoms with E-state index in [0.29, 0.717) is 17.8 Å². The normalized spacial score (nSPS) is 10.6. The molecule has 0 atom stereocenters. The lowest BCUT2D eigenvalue weighted by atomic mass is 10.1. The van der Waals surface area contributed by atoms with Gasteiger partial charge >= 0.3 is 0 Å². The standard InChI is InChI=1S/C17H12F2N2O/c18-14-7-6-13(10-15(14)19)16-8-9-17(22)21(20-16)11-12-4-2-1-3-5-12/h1-10H,11H2. The third kappa shape index (κ3) is 2.93. The molecule has 0 unspecified atom stereocenters. The molecule has 0 spiro atoms. The SMILES string of the molecule is O=c1ccc(-c2ccc(F)c(F)c2)nn1Cc1ccccc1. The van der Waals surface area contributed by atoms with Gasteiger partial charge in [-0.25, -0.2) is 13.5 Å². The molecular formula is C17H12F2N2O. The van der Waals surface area contributed by atoms with Crippen molar-refractivity contribution >= 4 is 0 Å². The highest BCUT2D eigenvalue weighted by Crippen LogP contribution is 2.18. The van der Waals surface area contributed by atoms with Gasteiger partial charge in [-0.2, -0.15) is 5.10 Å². The molecule has 0 aliphatic rings. The van der Waals surface area contributed by atoms with E-state index in [2.05, 4.69) is 5.10 Å². The molecule has 0 saturated carbocycles. The second-order valence-corrected chi connectivity index (χ2v) is 4.83. The minimum atomic E-state index is -0.944. The molecule has 3 nitrogen and oxygen atoms in total. The van der Waals surface area contributed by atoms with Crippen molar-refractivity contribution in [2.45, 2.75) is 6.54 Å². The Morgan fingerprint density at radius 3 is 2.41 bits per heavy atom. The maximum atomic E-state index is 13.3. The summed E-state index contributed by atoms with van der Waals surface area (Å²) in [6.07, 6.45) is 0. The first-order chi connectivity index (χ1) is 10.6. The summed E-state index contributed by atoms with van der Waals surface area (Å²) in [5.41, 5.74) is 1.50. The van der Waals surface area contributed by atoms with Crippen molar-refractivity contribution in [2.24, 2.45) is 0 Å². The zero-order valence-corrected chi connectivity index (χ0v) is 11.5. The Morgan fingerprint density at radius 2 is 1.68 bits per heavy atom. The summed E-state index contributed by atoms with van der Waals surface area (Å²) in [7, 11) is 0. The highest BCUT2D eigenvalue weighted by Gasteiger charge is 2.08. The van der Waals surface area contributed by atoms with Crippen molar-refractivity contribution < 1.29 is 8.78 Å². The van der Waals surface area contributed by atoms with E-state index < -0.39 is 11.6 Å². The summed E-state index contributed by atoms with van der Waals surface area (Å²) in [4.78, 5) is 11.9. The topological polar surface area (TPSA) is 34.9 Å². The lowest BCUT2D eigenvalue weighted by molar-refractivity contribution is 0.509. The molecular weight excluding hydrogens is 286 g/mol. The zero-order valence-electron chi connectivity index (χ0n) is 11.5. The molecule has 2 aromatic carbocycles. The van der Waals surface area contributed by atoms with Crippen molar-refractivity contribution in [3.05, 3.63) is 88.2 Å². The van der Waals surface area contributed by atoms with E-state index in [1.807, 2.05) is 30.3 Å². The molecule has 1 aromatic heterocycles. The molecule has 0 bridgehead atoms. The van der Waals surface area contributed by atoms with Gasteiger partial charge < -0.3 is 0 Å². The Balaban J connectivity index is 1.99. The number of aromatic nitrogens is 2. The highest BCUT2D eigenvalue weighted by atomic mass is 19.2. The van der Waals surface area contributed by atoms with Crippen molar-refractivity contribution in [3.8, 4) is 11.3 Å². The fraction of sp³-hybridized carbons (Fsp3) is 0.0588. The largest absolute Gasteiger partial charge is 0.268 e. The second-order valence-electron chi connectivity index (χ2n) is 4.83. The molecule has 5 heteroatoms. The molecule has 0 aliphatic carbocycles. The Morgan fingerprint density at radius 1 is 0.909 bits per heavy atom. The first-order valence-electron chi connectivity index (χ1n) is 6.71. The third-order valence-corrected chi connectivity index (χ3v) is 3.26. The fourth-order valence-corrected chi connectivity index (χ4v) is 2.13. The molecule has 0 fully saturated rings. The van der Waals surface area contributed by atoms with Gasteiger partial charge in [0.2, 0.25) is 0 Å². The van der Waals surface area contributed by atoms with Gasteiger partial charge in [0.1, 0.15) is 0 Å². The molecule has 0 amide bonds. The summed E-state index contributed by atoms with van der Waals surface area (Å²) >= 11 is 0. The molecule has 0 saturated heterocycles. The van der Waals surface area contributed by atoms with E-state index in [-0.39, 0.29) is 5.56 Å². The van der Waals surface area contributed by atoms with Crippen LogP contribution in [-0.2, 0) is 6.54 Å². The van der Waals surface area contributed by atoms with Crippen LogP contribution in [0.2, 0.25) is 0 Å². The van der Waals surface area contributed by atoms with E-state index in [0.717, 1.165) is 17.7 Å². The molecule has 110 valence electrons. The van der Waals surface area contributed by atoms with Gasteiger partial charge in [0.25, 0.3) is 5.56 Å². The predicted octanol–water partition coefficient (Wildman–Crippen LogP) is 3.24. The van der Waals surface area contributed by atoms with Crippen LogP contribution in [-0.4, -0.2) is 9.78 Å². The number of hydrogen-bond donors (Lipinski definition) is 0. The molecule has 3 rings (SSSR count). The maximum absolute atomic E-state index is 13.3. The average Bonchev–Trinajstić information content (AvgIpc) is 2.53. The Hall–Kier alpha value is -2.82. The number of hydrogen-bond acceptors (Lipinski definition) is 2. The van der Waals surface area contributed by atoms with Gasteiger partial charge in [0.15, 0.2) is 11.6 Å². The summed E-state index contributed by atoms with van der Waals surface area (Å²) in [5, 5.41) is 4.22. The van der Waals surface area contributed by atoms with E-state index in [4.69, 9.17) is 0 Å². The van der Waals surface area contributed by atoms with Crippen LogP contribution in [0.15, 0.2) is 65.5 Å². The van der Waals surface area contributed by atoms with E-state index in [9.17, 15) is 13.6 Å². The summed E-state index contributed by atoms with van der Waals surface area (Å²) in [6.45, 7) is 0.317. The van der Waals surface area contributed by atoms with Gasteiger partial charge in [-0.05, 0) is 29.8 Å². The van der Waals surface area contributed by atoms with Crippen LogP contribution in [0.3, 0.4) is 0 Å². The predicted molar refractivity (Wildman–Crippen MR) is 79.4 cm³/mol. The van der Waals surface area contributed by atoms with Crippen LogP contribution >= 0.6 is 0 Å². The van der Waals surface area contributed by atoms with Crippen LogP contribution in [0.25, 0.3) is 11.3 Å². The molecule has 0 radical (unpaired) electrons. The molecule has 1 heterocycles. The van der Waals surface area contributed by atoms with Crippen LogP contribution in [0.4, 0.5) is 8.78 Å². The van der Waals surface area contributed by atoms with Crippen molar-refractivity contribution in [1.82, 2.24) is 9.78 Å². The zero-order chi connectivity index (χ0) is 15.5. The Labute approximate surface area is 125 Å². The first-order valence-corrected chi connectivity index (χ1v) is 6.71. The van der Waals surface area contributed by atoms with Crippen molar-refractivity contribution in [2.75, 3.05) is 0 Å². The smallest absolute Gasteiger partial charge is 0.267 e. The number of halogens is 2. The quantitative estimate of drug-likeness (QED) is 0.744. The van der Waals surface area contributed by atoms with Gasteiger partial charge in [-0.1, -0.05) is 30.3 Å². The molecule has 3 aromatic rings. The van der Waals surface area contributed by atoms with Crippen LogP contribution in [0.1, 0.15) is 5.56 Å².